The predicted molar refractivity (Wildman–Crippen MR) is 146 cm³/mol. The lowest BCUT2D eigenvalue weighted by Gasteiger charge is -2.39. The number of aryl methyl sites for hydroxylation is 1. The fourth-order valence-corrected chi connectivity index (χ4v) is 5.89. The molecule has 2 heterocycles. The van der Waals surface area contributed by atoms with Crippen molar-refractivity contribution >= 4 is 33.5 Å². The van der Waals surface area contributed by atoms with E-state index in [0.29, 0.717) is 29.1 Å². The summed E-state index contributed by atoms with van der Waals surface area (Å²) in [4.78, 5) is 24.9. The van der Waals surface area contributed by atoms with Crippen LogP contribution in [0.3, 0.4) is 0 Å². The highest BCUT2D eigenvalue weighted by atomic mass is 16.6. The minimum atomic E-state index is -0.428. The molecule has 0 saturated heterocycles. The number of carbonyl (C=O) groups is 1. The molecule has 1 aliphatic carbocycles. The molecule has 1 N–H and O–H groups in total. The number of furan rings is 1. The van der Waals surface area contributed by atoms with Crippen LogP contribution < -0.4 is 5.32 Å². The van der Waals surface area contributed by atoms with Crippen LogP contribution >= 0.6 is 0 Å². The Hall–Kier alpha value is -4.19. The molecule has 37 heavy (non-hydrogen) atoms. The molecule has 186 valence electrons. The smallest absolute Gasteiger partial charge is 0.273 e. The lowest BCUT2D eigenvalue weighted by molar-refractivity contribution is -0.385. The third-order valence-corrected chi connectivity index (χ3v) is 7.77. The molecule has 2 aliphatic rings. The number of ketones is 1. The van der Waals surface area contributed by atoms with Crippen molar-refractivity contribution in [2.45, 2.75) is 46.6 Å². The molecule has 0 bridgehead atoms. The van der Waals surface area contributed by atoms with Crippen LogP contribution in [-0.4, -0.2) is 10.7 Å². The van der Waals surface area contributed by atoms with E-state index >= 15 is 0 Å². The number of rotatable bonds is 3. The Labute approximate surface area is 215 Å². The fourth-order valence-electron chi connectivity index (χ4n) is 5.89. The topological polar surface area (TPSA) is 85.4 Å². The first-order chi connectivity index (χ1) is 17.6. The quantitative estimate of drug-likeness (QED) is 0.232. The molecular weight excluding hydrogens is 464 g/mol. The third-order valence-electron chi connectivity index (χ3n) is 7.77. The summed E-state index contributed by atoms with van der Waals surface area (Å²) in [7, 11) is 0. The Bertz CT molecular complexity index is 1660. The maximum absolute atomic E-state index is 13.6. The van der Waals surface area contributed by atoms with Gasteiger partial charge in [-0.1, -0.05) is 44.2 Å². The van der Waals surface area contributed by atoms with Crippen molar-refractivity contribution in [3.05, 3.63) is 98.8 Å². The Morgan fingerprint density at radius 3 is 2.59 bits per heavy atom. The van der Waals surface area contributed by atoms with Crippen LogP contribution in [0.4, 0.5) is 11.4 Å². The van der Waals surface area contributed by atoms with Gasteiger partial charge in [0, 0.05) is 40.4 Å². The summed E-state index contributed by atoms with van der Waals surface area (Å²) in [6, 6.07) is 19.2. The van der Waals surface area contributed by atoms with E-state index < -0.39 is 6.04 Å². The number of nitro groups is 1. The van der Waals surface area contributed by atoms with Crippen LogP contribution in [-0.2, 0) is 4.79 Å². The second-order valence-corrected chi connectivity index (χ2v) is 11.0. The van der Waals surface area contributed by atoms with Gasteiger partial charge in [-0.25, -0.2) is 0 Å². The molecule has 0 radical (unpaired) electrons. The monoisotopic (exact) mass is 492 g/mol. The number of Topliss-reactive ketones (excluding diaryl/α,β-unsaturated/α-hetero) is 1. The molecule has 6 nitrogen and oxygen atoms in total. The number of nitro benzene ring substituents is 1. The Kier molecular flexibility index (Phi) is 5.13. The van der Waals surface area contributed by atoms with Crippen LogP contribution in [0.2, 0.25) is 0 Å². The van der Waals surface area contributed by atoms with Gasteiger partial charge in [-0.3, -0.25) is 14.9 Å². The summed E-state index contributed by atoms with van der Waals surface area (Å²) in [5.74, 6) is 1.29. The standard InChI is InChI=1S/C31H28N2O4/c1-17-13-20(14-24(18(17)2)33(35)36)26-11-12-27(37-26)30-29-22(15-31(3,4)16-25(29)34)28-21-8-6-5-7-19(21)9-10-23(28)32-30/h5-14,30,32H,15-16H2,1-4H3. The van der Waals surface area contributed by atoms with Crippen LogP contribution in [0.15, 0.2) is 70.7 Å². The third kappa shape index (κ3) is 3.75. The van der Waals surface area contributed by atoms with Gasteiger partial charge in [0.1, 0.15) is 17.6 Å². The van der Waals surface area contributed by atoms with E-state index in [1.165, 1.54) is 0 Å². The largest absolute Gasteiger partial charge is 0.459 e. The molecule has 6 heteroatoms. The van der Waals surface area contributed by atoms with Crippen LogP contribution in [0, 0.1) is 29.4 Å². The highest BCUT2D eigenvalue weighted by molar-refractivity contribution is 6.12. The number of fused-ring (bicyclic) bond motifs is 4. The van der Waals surface area contributed by atoms with Crippen LogP contribution in [0.1, 0.15) is 55.2 Å². The second kappa shape index (κ2) is 8.17. The van der Waals surface area contributed by atoms with Crippen molar-refractivity contribution < 1.29 is 14.1 Å². The van der Waals surface area contributed by atoms with E-state index in [2.05, 4.69) is 43.4 Å². The lowest BCUT2D eigenvalue weighted by Crippen LogP contribution is -2.33. The number of anilines is 1. The molecule has 0 saturated carbocycles. The van der Waals surface area contributed by atoms with E-state index in [4.69, 9.17) is 4.42 Å². The first kappa shape index (κ1) is 23.2. The van der Waals surface area contributed by atoms with Crippen molar-refractivity contribution in [3.63, 3.8) is 0 Å². The zero-order valence-corrected chi connectivity index (χ0v) is 21.3. The number of nitrogens with zero attached hydrogens (tertiary/aromatic N) is 1. The predicted octanol–water partition coefficient (Wildman–Crippen LogP) is 7.93. The molecule has 0 spiro atoms. The first-order valence-corrected chi connectivity index (χ1v) is 12.5. The van der Waals surface area contributed by atoms with Crippen molar-refractivity contribution in [2.24, 2.45) is 5.41 Å². The van der Waals surface area contributed by atoms with E-state index in [9.17, 15) is 14.9 Å². The van der Waals surface area contributed by atoms with Crippen LogP contribution in [0.25, 0.3) is 27.7 Å². The summed E-state index contributed by atoms with van der Waals surface area (Å²) in [5, 5.41) is 17.5. The number of nitrogens with one attached hydrogen (secondary N) is 1. The minimum absolute atomic E-state index is 0.0687. The van der Waals surface area contributed by atoms with E-state index in [-0.39, 0.29) is 21.8 Å². The fraction of sp³-hybridized carbons (Fsp3) is 0.258. The van der Waals surface area contributed by atoms with E-state index in [0.717, 1.165) is 45.2 Å². The second-order valence-electron chi connectivity index (χ2n) is 11.0. The molecule has 1 atom stereocenters. The van der Waals surface area contributed by atoms with Gasteiger partial charge in [0.05, 0.1) is 4.92 Å². The van der Waals surface area contributed by atoms with Gasteiger partial charge in [-0.05, 0) is 71.9 Å². The molecule has 0 fully saturated rings. The SMILES string of the molecule is Cc1cc(-c2ccc(C3Nc4ccc5ccccc5c4C4=C3C(=O)CC(C)(C)C4)o2)cc([N+](=O)[O-])c1C. The molecule has 0 amide bonds. The van der Waals surface area contributed by atoms with Gasteiger partial charge in [0.2, 0.25) is 0 Å². The molecule has 4 aromatic rings. The normalized spacial score (nSPS) is 18.4. The molecular formula is C31H28N2O4. The highest BCUT2D eigenvalue weighted by Gasteiger charge is 2.41. The Morgan fingerprint density at radius 1 is 1.03 bits per heavy atom. The zero-order chi connectivity index (χ0) is 26.1. The highest BCUT2D eigenvalue weighted by Crippen LogP contribution is 2.52. The molecule has 1 unspecified atom stereocenters. The lowest BCUT2D eigenvalue weighted by atomic mass is 9.68. The zero-order valence-electron chi connectivity index (χ0n) is 21.3. The van der Waals surface area contributed by atoms with Gasteiger partial charge in [-0.2, -0.15) is 0 Å². The number of carbonyl (C=O) groups excluding carboxylic acids is 1. The summed E-state index contributed by atoms with van der Waals surface area (Å²) < 4.78 is 6.32. The number of benzene rings is 3. The van der Waals surface area contributed by atoms with Gasteiger partial charge in [0.25, 0.3) is 5.69 Å². The van der Waals surface area contributed by atoms with Crippen molar-refractivity contribution in [1.82, 2.24) is 0 Å². The average Bonchev–Trinajstić information content (AvgIpc) is 3.34. The van der Waals surface area contributed by atoms with Gasteiger partial charge >= 0.3 is 0 Å². The van der Waals surface area contributed by atoms with E-state index in [1.807, 2.05) is 37.3 Å². The summed E-state index contributed by atoms with van der Waals surface area (Å²) >= 11 is 0. The van der Waals surface area contributed by atoms with Gasteiger partial charge < -0.3 is 9.73 Å². The number of hydrogen-bond donors (Lipinski definition) is 1. The Morgan fingerprint density at radius 2 is 1.81 bits per heavy atom. The molecule has 1 aromatic heterocycles. The maximum atomic E-state index is 13.6. The first-order valence-electron chi connectivity index (χ1n) is 12.5. The van der Waals surface area contributed by atoms with Crippen LogP contribution in [0.5, 0.6) is 0 Å². The summed E-state index contributed by atoms with van der Waals surface area (Å²) in [6.45, 7) is 7.91. The average molecular weight is 493 g/mol. The van der Waals surface area contributed by atoms with Crippen molar-refractivity contribution in [3.8, 4) is 11.3 Å². The molecule has 3 aromatic carbocycles. The molecule has 6 rings (SSSR count). The van der Waals surface area contributed by atoms with Gasteiger partial charge in [-0.15, -0.1) is 0 Å². The maximum Gasteiger partial charge on any atom is 0.273 e. The van der Waals surface area contributed by atoms with Gasteiger partial charge in [0.15, 0.2) is 5.78 Å². The summed E-state index contributed by atoms with van der Waals surface area (Å²) in [6.07, 6.45) is 1.27. The Balaban J connectivity index is 1.50. The number of hydrogen-bond acceptors (Lipinski definition) is 5. The van der Waals surface area contributed by atoms with E-state index in [1.54, 1.807) is 13.0 Å². The summed E-state index contributed by atoms with van der Waals surface area (Å²) in [5.41, 5.74) is 5.96. The van der Waals surface area contributed by atoms with Crippen molar-refractivity contribution in [2.75, 3.05) is 5.32 Å². The number of allylic oxidation sites excluding steroid dienone is 1. The van der Waals surface area contributed by atoms with Crippen molar-refractivity contribution in [1.29, 1.82) is 0 Å². The molecule has 1 aliphatic heterocycles. The minimum Gasteiger partial charge on any atom is -0.459 e.